The highest BCUT2D eigenvalue weighted by Crippen LogP contribution is 2.22. The molecule has 0 saturated carbocycles. The highest BCUT2D eigenvalue weighted by molar-refractivity contribution is 7.85. The van der Waals surface area contributed by atoms with Crippen molar-refractivity contribution < 1.29 is 9.00 Å². The van der Waals surface area contributed by atoms with Crippen LogP contribution < -0.4 is 0 Å². The van der Waals surface area contributed by atoms with Crippen LogP contribution in [0.5, 0.6) is 0 Å². The van der Waals surface area contributed by atoms with Gasteiger partial charge in [-0.25, -0.2) is 0 Å². The Hall–Kier alpha value is -0.580. The molecule has 0 N–H and O–H groups in total. The van der Waals surface area contributed by atoms with Crippen LogP contribution in [0.1, 0.15) is 5.56 Å². The molecule has 1 amide bonds. The third-order valence-corrected chi connectivity index (χ3v) is 4.75. The van der Waals surface area contributed by atoms with Gasteiger partial charge in [0, 0.05) is 45.4 Å². The molecule has 1 heterocycles. The molecule has 0 radical (unpaired) electrons. The summed E-state index contributed by atoms with van der Waals surface area (Å²) in [5, 5.41) is 1.07. The Kier molecular flexibility index (Phi) is 4.65. The number of halogens is 2. The lowest BCUT2D eigenvalue weighted by molar-refractivity contribution is -0.130. The number of amides is 1. The maximum atomic E-state index is 12.0. The van der Waals surface area contributed by atoms with Gasteiger partial charge >= 0.3 is 0 Å². The van der Waals surface area contributed by atoms with Gasteiger partial charge in [0.15, 0.2) is 0 Å². The summed E-state index contributed by atoms with van der Waals surface area (Å²) in [5.74, 6) is 1.16. The molecule has 6 heteroatoms. The van der Waals surface area contributed by atoms with E-state index >= 15 is 0 Å². The lowest BCUT2D eigenvalue weighted by Gasteiger charge is -2.26. The van der Waals surface area contributed by atoms with Crippen LogP contribution >= 0.6 is 23.2 Å². The predicted molar refractivity (Wildman–Crippen MR) is 74.6 cm³/mol. The molecule has 0 spiro atoms. The maximum absolute atomic E-state index is 12.0. The van der Waals surface area contributed by atoms with E-state index in [1.54, 1.807) is 23.1 Å². The second-order valence-electron chi connectivity index (χ2n) is 4.14. The number of carbonyl (C=O) groups is 1. The zero-order valence-corrected chi connectivity index (χ0v) is 12.0. The van der Waals surface area contributed by atoms with E-state index in [0.29, 0.717) is 34.6 Å². The SMILES string of the molecule is O=C(Cc1ccc(Cl)cc1Cl)N1CCS(=O)CC1. The van der Waals surface area contributed by atoms with Crippen molar-refractivity contribution in [1.29, 1.82) is 0 Å². The van der Waals surface area contributed by atoms with Crippen LogP contribution in [0.2, 0.25) is 10.0 Å². The lowest BCUT2D eigenvalue weighted by atomic mass is 10.1. The molecule has 1 aliphatic rings. The van der Waals surface area contributed by atoms with Gasteiger partial charge in [-0.3, -0.25) is 9.00 Å². The second-order valence-corrected chi connectivity index (χ2v) is 6.68. The van der Waals surface area contributed by atoms with Gasteiger partial charge in [0.2, 0.25) is 5.91 Å². The van der Waals surface area contributed by atoms with Crippen LogP contribution in [0.4, 0.5) is 0 Å². The number of carbonyl (C=O) groups excluding carboxylic acids is 1. The predicted octanol–water partition coefficient (Wildman–Crippen LogP) is 2.13. The van der Waals surface area contributed by atoms with E-state index in [1.165, 1.54) is 0 Å². The van der Waals surface area contributed by atoms with Crippen molar-refractivity contribution in [3.05, 3.63) is 33.8 Å². The molecule has 3 nitrogen and oxygen atoms in total. The molecule has 1 aliphatic heterocycles. The van der Waals surface area contributed by atoms with Gasteiger partial charge in [0.1, 0.15) is 0 Å². The van der Waals surface area contributed by atoms with E-state index in [4.69, 9.17) is 23.2 Å². The van der Waals surface area contributed by atoms with Crippen molar-refractivity contribution in [2.75, 3.05) is 24.6 Å². The molecule has 0 aromatic heterocycles. The normalized spacial score (nSPS) is 16.9. The smallest absolute Gasteiger partial charge is 0.227 e. The topological polar surface area (TPSA) is 37.4 Å². The quantitative estimate of drug-likeness (QED) is 0.839. The number of hydrogen-bond donors (Lipinski definition) is 0. The fourth-order valence-corrected chi connectivity index (χ4v) is 3.35. The number of benzene rings is 1. The molecule has 0 atom stereocenters. The largest absolute Gasteiger partial charge is 0.341 e. The minimum absolute atomic E-state index is 0.0240. The Morgan fingerprint density at radius 2 is 1.94 bits per heavy atom. The third-order valence-electron chi connectivity index (χ3n) is 2.89. The Morgan fingerprint density at radius 1 is 1.28 bits per heavy atom. The fraction of sp³-hybridized carbons (Fsp3) is 0.417. The van der Waals surface area contributed by atoms with Gasteiger partial charge in [0.05, 0.1) is 6.42 Å². The summed E-state index contributed by atoms with van der Waals surface area (Å²) in [6, 6.07) is 5.13. The highest BCUT2D eigenvalue weighted by Gasteiger charge is 2.20. The first-order valence-electron chi connectivity index (χ1n) is 5.63. The van der Waals surface area contributed by atoms with Crippen LogP contribution in [0, 0.1) is 0 Å². The average molecular weight is 306 g/mol. The van der Waals surface area contributed by atoms with Gasteiger partial charge in [-0.05, 0) is 17.7 Å². The van der Waals surface area contributed by atoms with Crippen molar-refractivity contribution in [3.8, 4) is 0 Å². The van der Waals surface area contributed by atoms with Crippen molar-refractivity contribution in [2.24, 2.45) is 0 Å². The highest BCUT2D eigenvalue weighted by atomic mass is 35.5. The van der Waals surface area contributed by atoms with Crippen molar-refractivity contribution in [3.63, 3.8) is 0 Å². The van der Waals surface area contributed by atoms with Gasteiger partial charge in [-0.1, -0.05) is 29.3 Å². The van der Waals surface area contributed by atoms with Gasteiger partial charge in [0.25, 0.3) is 0 Å². The molecule has 98 valence electrons. The summed E-state index contributed by atoms with van der Waals surface area (Å²) >= 11 is 11.8. The summed E-state index contributed by atoms with van der Waals surface area (Å²) in [7, 11) is -0.769. The molecule has 2 rings (SSSR count). The molecule has 0 bridgehead atoms. The number of hydrogen-bond acceptors (Lipinski definition) is 2. The summed E-state index contributed by atoms with van der Waals surface area (Å²) < 4.78 is 11.2. The minimum atomic E-state index is -0.769. The summed E-state index contributed by atoms with van der Waals surface area (Å²) in [6.07, 6.45) is 0.267. The third kappa shape index (κ3) is 3.46. The number of rotatable bonds is 2. The zero-order chi connectivity index (χ0) is 13.1. The first kappa shape index (κ1) is 13.8. The second kappa shape index (κ2) is 6.04. The molecule has 0 unspecified atom stereocenters. The molecule has 1 fully saturated rings. The average Bonchev–Trinajstić information content (AvgIpc) is 2.33. The Bertz CT molecular complexity index is 483. The van der Waals surface area contributed by atoms with E-state index in [1.807, 2.05) is 0 Å². The monoisotopic (exact) mass is 305 g/mol. The molecule has 1 aromatic rings. The van der Waals surface area contributed by atoms with E-state index in [9.17, 15) is 9.00 Å². The van der Waals surface area contributed by atoms with E-state index in [0.717, 1.165) is 5.56 Å². The molecular formula is C12H13Cl2NO2S. The summed E-state index contributed by atoms with van der Waals surface area (Å²) in [5.41, 5.74) is 0.776. The first-order valence-corrected chi connectivity index (χ1v) is 7.87. The molecular weight excluding hydrogens is 293 g/mol. The molecule has 1 saturated heterocycles. The standard InChI is InChI=1S/C12H13Cl2NO2S/c13-10-2-1-9(11(14)8-10)7-12(16)15-3-5-18(17)6-4-15/h1-2,8H,3-7H2. The first-order chi connectivity index (χ1) is 8.56. The van der Waals surface area contributed by atoms with Crippen molar-refractivity contribution >= 4 is 39.9 Å². The Balaban J connectivity index is 2.00. The van der Waals surface area contributed by atoms with Gasteiger partial charge in [-0.2, -0.15) is 0 Å². The van der Waals surface area contributed by atoms with Crippen LogP contribution in [-0.2, 0) is 22.0 Å². The summed E-state index contributed by atoms with van der Waals surface area (Å²) in [4.78, 5) is 13.8. The van der Waals surface area contributed by atoms with E-state index < -0.39 is 10.8 Å². The number of nitrogens with zero attached hydrogens (tertiary/aromatic N) is 1. The van der Waals surface area contributed by atoms with Crippen molar-refractivity contribution in [1.82, 2.24) is 4.90 Å². The van der Waals surface area contributed by atoms with Crippen LogP contribution in [0.15, 0.2) is 18.2 Å². The molecule has 18 heavy (non-hydrogen) atoms. The Labute approximate surface area is 119 Å². The Morgan fingerprint density at radius 3 is 2.56 bits per heavy atom. The van der Waals surface area contributed by atoms with E-state index in [-0.39, 0.29) is 12.3 Å². The zero-order valence-electron chi connectivity index (χ0n) is 9.70. The maximum Gasteiger partial charge on any atom is 0.227 e. The minimum Gasteiger partial charge on any atom is -0.341 e. The lowest BCUT2D eigenvalue weighted by Crippen LogP contribution is -2.42. The van der Waals surface area contributed by atoms with E-state index in [2.05, 4.69) is 0 Å². The summed E-state index contributed by atoms with van der Waals surface area (Å²) in [6.45, 7) is 1.13. The van der Waals surface area contributed by atoms with Gasteiger partial charge in [-0.15, -0.1) is 0 Å². The van der Waals surface area contributed by atoms with Crippen LogP contribution in [-0.4, -0.2) is 39.6 Å². The van der Waals surface area contributed by atoms with Gasteiger partial charge < -0.3 is 4.90 Å². The van der Waals surface area contributed by atoms with Crippen LogP contribution in [0.3, 0.4) is 0 Å². The van der Waals surface area contributed by atoms with Crippen LogP contribution in [0.25, 0.3) is 0 Å². The molecule has 1 aromatic carbocycles. The fourth-order valence-electron chi connectivity index (χ4n) is 1.83. The molecule has 0 aliphatic carbocycles. The van der Waals surface area contributed by atoms with Crippen molar-refractivity contribution in [2.45, 2.75) is 6.42 Å².